The fraction of sp³-hybridized carbons (Fsp3) is 0.421. The molecule has 2 amide bonds. The average molecular weight is 357 g/mol. The first kappa shape index (κ1) is 18.1. The molecular formula is C19H23N3O4. The fourth-order valence-electron chi connectivity index (χ4n) is 3.22. The molecule has 0 aliphatic carbocycles. The summed E-state index contributed by atoms with van der Waals surface area (Å²) in [7, 11) is 0. The van der Waals surface area contributed by atoms with E-state index in [-0.39, 0.29) is 37.2 Å². The van der Waals surface area contributed by atoms with E-state index < -0.39 is 12.1 Å². The highest BCUT2D eigenvalue weighted by molar-refractivity contribution is 5.89. The van der Waals surface area contributed by atoms with Crippen molar-refractivity contribution >= 4 is 11.8 Å². The van der Waals surface area contributed by atoms with Crippen LogP contribution in [0.15, 0.2) is 40.9 Å². The number of β-amino-alcohol motifs (C(OH)–C–C–N with tert-alkyl or cyclic N) is 1. The van der Waals surface area contributed by atoms with Crippen molar-refractivity contribution in [1.82, 2.24) is 15.4 Å². The smallest absolute Gasteiger partial charge is 0.243 e. The van der Waals surface area contributed by atoms with Gasteiger partial charge in [-0.1, -0.05) is 35.5 Å². The Morgan fingerprint density at radius 3 is 2.77 bits per heavy atom. The van der Waals surface area contributed by atoms with Crippen molar-refractivity contribution in [3.05, 3.63) is 53.4 Å². The van der Waals surface area contributed by atoms with Crippen LogP contribution in [-0.4, -0.2) is 45.7 Å². The molecule has 0 radical (unpaired) electrons. The standard InChI is InChI=1S/C19H23N3O4/c1-12-8-16(26-21-12)10-18(24)22-11-15(23)9-17(22)19(25)20-13(2)14-6-4-3-5-7-14/h3-8,13,15,17,23H,9-11H2,1-2H3,(H,20,25)/t13-,15-,17+/m1/s1. The third kappa shape index (κ3) is 4.11. The number of aromatic nitrogens is 1. The Morgan fingerprint density at radius 1 is 1.38 bits per heavy atom. The summed E-state index contributed by atoms with van der Waals surface area (Å²) in [5.41, 5.74) is 1.68. The van der Waals surface area contributed by atoms with Crippen LogP contribution in [0.5, 0.6) is 0 Å². The van der Waals surface area contributed by atoms with Crippen LogP contribution in [0.1, 0.15) is 36.4 Å². The minimum absolute atomic E-state index is 0.0194. The van der Waals surface area contributed by atoms with E-state index in [2.05, 4.69) is 10.5 Å². The number of amides is 2. The van der Waals surface area contributed by atoms with Crippen molar-refractivity contribution in [2.45, 2.75) is 44.9 Å². The van der Waals surface area contributed by atoms with Gasteiger partial charge in [-0.25, -0.2) is 0 Å². The lowest BCUT2D eigenvalue weighted by Gasteiger charge is -2.25. The van der Waals surface area contributed by atoms with E-state index in [4.69, 9.17) is 4.52 Å². The summed E-state index contributed by atoms with van der Waals surface area (Å²) in [6, 6.07) is 10.4. The Kier molecular flexibility index (Phi) is 5.37. The summed E-state index contributed by atoms with van der Waals surface area (Å²) in [5.74, 6) is -0.0732. The molecule has 3 rings (SSSR count). The van der Waals surface area contributed by atoms with Gasteiger partial charge in [0.25, 0.3) is 0 Å². The molecular weight excluding hydrogens is 334 g/mol. The van der Waals surface area contributed by atoms with E-state index in [0.717, 1.165) is 5.56 Å². The number of likely N-dealkylation sites (tertiary alicyclic amines) is 1. The number of aryl methyl sites for hydroxylation is 1. The number of aliphatic hydroxyl groups is 1. The molecule has 3 atom stereocenters. The van der Waals surface area contributed by atoms with Crippen LogP contribution in [0.4, 0.5) is 0 Å². The molecule has 2 aromatic rings. The van der Waals surface area contributed by atoms with Crippen molar-refractivity contribution in [3.8, 4) is 0 Å². The third-order valence-electron chi connectivity index (χ3n) is 4.56. The summed E-state index contributed by atoms with van der Waals surface area (Å²) in [6.45, 7) is 3.81. The van der Waals surface area contributed by atoms with E-state index in [1.807, 2.05) is 37.3 Å². The molecule has 138 valence electrons. The van der Waals surface area contributed by atoms with Gasteiger partial charge < -0.3 is 19.8 Å². The summed E-state index contributed by atoms with van der Waals surface area (Å²) in [5, 5.41) is 16.7. The zero-order valence-corrected chi connectivity index (χ0v) is 14.9. The second-order valence-electron chi connectivity index (χ2n) is 6.70. The number of aliphatic hydroxyl groups excluding tert-OH is 1. The van der Waals surface area contributed by atoms with Gasteiger partial charge in [0.1, 0.15) is 11.8 Å². The molecule has 7 nitrogen and oxygen atoms in total. The molecule has 1 saturated heterocycles. The largest absolute Gasteiger partial charge is 0.391 e. The molecule has 1 aromatic heterocycles. The number of carbonyl (C=O) groups excluding carboxylic acids is 2. The Hall–Kier alpha value is -2.67. The molecule has 1 aliphatic heterocycles. The molecule has 7 heteroatoms. The van der Waals surface area contributed by atoms with Crippen LogP contribution in [0.25, 0.3) is 0 Å². The van der Waals surface area contributed by atoms with Crippen LogP contribution in [-0.2, 0) is 16.0 Å². The molecule has 2 N–H and O–H groups in total. The van der Waals surface area contributed by atoms with E-state index in [1.54, 1.807) is 13.0 Å². The summed E-state index contributed by atoms with van der Waals surface area (Å²) in [6.07, 6.45) is -0.460. The maximum absolute atomic E-state index is 12.7. The van der Waals surface area contributed by atoms with Crippen LogP contribution in [0.2, 0.25) is 0 Å². The van der Waals surface area contributed by atoms with Gasteiger partial charge in [0.2, 0.25) is 11.8 Å². The van der Waals surface area contributed by atoms with E-state index in [0.29, 0.717) is 11.5 Å². The van der Waals surface area contributed by atoms with Gasteiger partial charge in [-0.2, -0.15) is 0 Å². The predicted molar refractivity (Wildman–Crippen MR) is 94.1 cm³/mol. The molecule has 2 heterocycles. The monoisotopic (exact) mass is 357 g/mol. The van der Waals surface area contributed by atoms with E-state index >= 15 is 0 Å². The maximum Gasteiger partial charge on any atom is 0.243 e. The van der Waals surface area contributed by atoms with Crippen LogP contribution in [0, 0.1) is 6.92 Å². The lowest BCUT2D eigenvalue weighted by atomic mass is 10.1. The number of nitrogens with zero attached hydrogens (tertiary/aromatic N) is 2. The van der Waals surface area contributed by atoms with Crippen molar-refractivity contribution in [3.63, 3.8) is 0 Å². The molecule has 0 spiro atoms. The normalized spacial score (nSPS) is 20.8. The minimum atomic E-state index is -0.710. The lowest BCUT2D eigenvalue weighted by molar-refractivity contribution is -0.138. The Bertz CT molecular complexity index is 774. The van der Waals surface area contributed by atoms with Gasteiger partial charge in [-0.15, -0.1) is 0 Å². The van der Waals surface area contributed by atoms with Gasteiger partial charge in [0.15, 0.2) is 0 Å². The summed E-state index contributed by atoms with van der Waals surface area (Å²) in [4.78, 5) is 26.7. The van der Waals surface area contributed by atoms with Crippen LogP contribution >= 0.6 is 0 Å². The average Bonchev–Trinajstić information content (AvgIpc) is 3.21. The first-order valence-corrected chi connectivity index (χ1v) is 8.69. The van der Waals surface area contributed by atoms with E-state index in [1.165, 1.54) is 4.90 Å². The number of carbonyl (C=O) groups is 2. The molecule has 1 aliphatic rings. The topological polar surface area (TPSA) is 95.7 Å². The molecule has 1 fully saturated rings. The van der Waals surface area contributed by atoms with Gasteiger partial charge in [-0.05, 0) is 19.4 Å². The number of rotatable bonds is 5. The highest BCUT2D eigenvalue weighted by Crippen LogP contribution is 2.21. The molecule has 0 unspecified atom stereocenters. The Labute approximate surface area is 152 Å². The Morgan fingerprint density at radius 2 is 2.12 bits per heavy atom. The second kappa shape index (κ2) is 7.70. The van der Waals surface area contributed by atoms with Crippen molar-refractivity contribution < 1.29 is 19.2 Å². The highest BCUT2D eigenvalue weighted by Gasteiger charge is 2.39. The lowest BCUT2D eigenvalue weighted by Crippen LogP contribution is -2.47. The van der Waals surface area contributed by atoms with Gasteiger partial charge in [0.05, 0.1) is 24.3 Å². The van der Waals surface area contributed by atoms with Gasteiger partial charge in [0, 0.05) is 19.0 Å². The van der Waals surface area contributed by atoms with Crippen LogP contribution < -0.4 is 5.32 Å². The quantitative estimate of drug-likeness (QED) is 0.842. The molecule has 0 bridgehead atoms. The third-order valence-corrected chi connectivity index (χ3v) is 4.56. The zero-order chi connectivity index (χ0) is 18.7. The number of nitrogens with one attached hydrogen (secondary N) is 1. The SMILES string of the molecule is Cc1cc(CC(=O)N2C[C@H](O)C[C@H]2C(=O)N[C@H](C)c2ccccc2)on1. The number of hydrogen-bond acceptors (Lipinski definition) is 5. The van der Waals surface area contributed by atoms with Crippen molar-refractivity contribution in [1.29, 1.82) is 0 Å². The maximum atomic E-state index is 12.7. The highest BCUT2D eigenvalue weighted by atomic mass is 16.5. The van der Waals surface area contributed by atoms with E-state index in [9.17, 15) is 14.7 Å². The van der Waals surface area contributed by atoms with Crippen LogP contribution in [0.3, 0.4) is 0 Å². The molecule has 1 aromatic carbocycles. The number of benzene rings is 1. The summed E-state index contributed by atoms with van der Waals surface area (Å²) >= 11 is 0. The Balaban J connectivity index is 1.66. The molecule has 26 heavy (non-hydrogen) atoms. The van der Waals surface area contributed by atoms with Gasteiger partial charge >= 0.3 is 0 Å². The predicted octanol–water partition coefficient (Wildman–Crippen LogP) is 1.36. The first-order chi connectivity index (χ1) is 12.4. The number of hydrogen-bond donors (Lipinski definition) is 2. The molecule has 0 saturated carbocycles. The second-order valence-corrected chi connectivity index (χ2v) is 6.70. The van der Waals surface area contributed by atoms with Gasteiger partial charge in [-0.3, -0.25) is 9.59 Å². The summed E-state index contributed by atoms with van der Waals surface area (Å²) < 4.78 is 5.08. The zero-order valence-electron chi connectivity index (χ0n) is 14.9. The first-order valence-electron chi connectivity index (χ1n) is 8.69. The van der Waals surface area contributed by atoms with Crippen molar-refractivity contribution in [2.24, 2.45) is 0 Å². The minimum Gasteiger partial charge on any atom is -0.391 e. The fourth-order valence-corrected chi connectivity index (χ4v) is 3.22. The van der Waals surface area contributed by atoms with Crippen molar-refractivity contribution in [2.75, 3.05) is 6.54 Å².